The molecule has 2 heteroatoms. The van der Waals surface area contributed by atoms with Crippen molar-refractivity contribution >= 4 is 10.8 Å². The number of halogens is 1. The normalized spacial score (nSPS) is 12.6. The molecule has 0 aliphatic rings. The smallest absolute Gasteiger partial charge is 0.207 e. The number of nitrogens with zero attached hydrogens (tertiary/aromatic N) is 1. The minimum atomic E-state index is -0.186. The van der Waals surface area contributed by atoms with E-state index in [9.17, 15) is 0 Å². The summed E-state index contributed by atoms with van der Waals surface area (Å²) in [5.41, 5.74) is 7.24. The molecule has 3 rings (SSSR count). The van der Waals surface area contributed by atoms with Crippen LogP contribution in [0.3, 0.4) is 0 Å². The Labute approximate surface area is 164 Å². The van der Waals surface area contributed by atoms with E-state index in [0.29, 0.717) is 18.0 Å². The molecule has 142 valence electrons. The molecule has 27 heavy (non-hydrogen) atoms. The van der Waals surface area contributed by atoms with E-state index in [4.69, 9.17) is 1.37 Å². The van der Waals surface area contributed by atoms with E-state index in [1.807, 2.05) is 24.6 Å². The summed E-state index contributed by atoms with van der Waals surface area (Å²) in [5, 5.41) is 1.63. The number of hydrogen-bond donors (Lipinski definition) is 0. The molecule has 1 nitrogen and oxygen atoms in total. The van der Waals surface area contributed by atoms with Crippen molar-refractivity contribution in [3.63, 3.8) is 0 Å². The van der Waals surface area contributed by atoms with Crippen LogP contribution in [0.5, 0.6) is 0 Å². The summed E-state index contributed by atoms with van der Waals surface area (Å²) in [6.45, 7) is 14.6. The van der Waals surface area contributed by atoms with Crippen LogP contribution in [0.2, 0.25) is 0 Å². The summed E-state index contributed by atoms with van der Waals surface area (Å²) in [5.74, 6) is -0.186. The van der Waals surface area contributed by atoms with E-state index in [1.54, 1.807) is 6.07 Å². The Morgan fingerprint density at radius 2 is 1.70 bits per heavy atom. The van der Waals surface area contributed by atoms with Crippen molar-refractivity contribution in [2.75, 3.05) is 0 Å². The second kappa shape index (κ2) is 6.74. The maximum Gasteiger partial charge on any atom is 0.220 e. The third-order valence-corrected chi connectivity index (χ3v) is 5.38. The van der Waals surface area contributed by atoms with Crippen molar-refractivity contribution in [2.24, 2.45) is 12.5 Å². The lowest BCUT2D eigenvalue weighted by Crippen LogP contribution is -2.35. The molecule has 0 aliphatic heterocycles. The molecule has 0 radical (unpaired) electrons. The lowest BCUT2D eigenvalue weighted by Gasteiger charge is -2.19. The number of fused-ring (bicyclic) bond motifs is 1. The number of pyridine rings is 1. The number of aromatic nitrogens is 1. The highest BCUT2D eigenvalue weighted by Crippen LogP contribution is 2.33. The summed E-state index contributed by atoms with van der Waals surface area (Å²) in [6.07, 6.45) is 0.645. The van der Waals surface area contributed by atoms with Crippen LogP contribution >= 0.6 is 0 Å². The Hall–Kier alpha value is -2.22. The van der Waals surface area contributed by atoms with Gasteiger partial charge in [-0.05, 0) is 72.9 Å². The average Bonchev–Trinajstić information content (AvgIpc) is 2.57. The summed E-state index contributed by atoms with van der Waals surface area (Å²) in [7, 11) is 1.97. The fourth-order valence-electron chi connectivity index (χ4n) is 3.86. The Morgan fingerprint density at radius 3 is 2.33 bits per heavy atom. The second-order valence-electron chi connectivity index (χ2n) is 9.10. The van der Waals surface area contributed by atoms with Crippen LogP contribution in [0.15, 0.2) is 30.3 Å². The standard InChI is InChI=1S/C25H31FN/c1-15-9-16(2)18(4)21(10-15)24-22-13-23(26)20(14-25(5,6)7)12-19(22)11-17(3)27(24)8/h9-13H,14H2,1-8H3/q+1/i11D. The van der Waals surface area contributed by atoms with Gasteiger partial charge in [0.15, 0.2) is 5.69 Å². The second-order valence-corrected chi connectivity index (χ2v) is 9.10. The minimum Gasteiger partial charge on any atom is -0.207 e. The maximum atomic E-state index is 15.1. The quantitative estimate of drug-likeness (QED) is 0.470. The van der Waals surface area contributed by atoms with Gasteiger partial charge in [-0.15, -0.1) is 0 Å². The summed E-state index contributed by atoms with van der Waals surface area (Å²) < 4.78 is 25.8. The Bertz CT molecular complexity index is 1090. The van der Waals surface area contributed by atoms with Gasteiger partial charge in [-0.1, -0.05) is 32.4 Å². The topological polar surface area (TPSA) is 3.88 Å². The van der Waals surface area contributed by atoms with Crippen LogP contribution in [-0.4, -0.2) is 0 Å². The van der Waals surface area contributed by atoms with Crippen molar-refractivity contribution in [3.05, 3.63) is 64.1 Å². The van der Waals surface area contributed by atoms with Crippen LogP contribution in [0.25, 0.3) is 22.0 Å². The fourth-order valence-corrected chi connectivity index (χ4v) is 3.86. The highest BCUT2D eigenvalue weighted by Gasteiger charge is 2.23. The maximum absolute atomic E-state index is 15.1. The predicted octanol–water partition coefficient (Wildman–Crippen LogP) is 6.29. The monoisotopic (exact) mass is 365 g/mol. The average molecular weight is 366 g/mol. The molecule has 0 fully saturated rings. The lowest BCUT2D eigenvalue weighted by molar-refractivity contribution is -0.665. The molecule has 0 aliphatic carbocycles. The van der Waals surface area contributed by atoms with Crippen LogP contribution in [0, 0.1) is 38.9 Å². The third kappa shape index (κ3) is 3.76. The van der Waals surface area contributed by atoms with Crippen molar-refractivity contribution in [2.45, 2.75) is 54.9 Å². The Kier molecular flexibility index (Phi) is 4.53. The summed E-state index contributed by atoms with van der Waals surface area (Å²) in [4.78, 5) is 0. The lowest BCUT2D eigenvalue weighted by atomic mass is 9.86. The molecule has 0 bridgehead atoms. The van der Waals surface area contributed by atoms with Gasteiger partial charge in [-0.2, -0.15) is 4.57 Å². The Morgan fingerprint density at radius 1 is 1.04 bits per heavy atom. The van der Waals surface area contributed by atoms with E-state index in [-0.39, 0.29) is 11.2 Å². The van der Waals surface area contributed by atoms with E-state index in [0.717, 1.165) is 27.7 Å². The van der Waals surface area contributed by atoms with Gasteiger partial charge in [-0.25, -0.2) is 4.39 Å². The molecule has 0 atom stereocenters. The number of rotatable bonds is 2. The molecule has 0 saturated heterocycles. The first kappa shape index (κ1) is 18.2. The highest BCUT2D eigenvalue weighted by molar-refractivity contribution is 5.94. The van der Waals surface area contributed by atoms with E-state index in [2.05, 4.69) is 53.7 Å². The zero-order valence-corrected chi connectivity index (χ0v) is 17.8. The molecule has 2 aromatic carbocycles. The SMILES string of the molecule is [2H]c1c(C)[n+](C)c(-c2cc(C)cc(C)c2C)c2cc(F)c(CC(C)(C)C)cc12. The first-order valence-electron chi connectivity index (χ1n) is 10.1. The molecule has 0 amide bonds. The van der Waals surface area contributed by atoms with E-state index >= 15 is 4.39 Å². The first-order valence-corrected chi connectivity index (χ1v) is 9.60. The molecular weight excluding hydrogens is 333 g/mol. The van der Waals surface area contributed by atoms with Crippen LogP contribution in [-0.2, 0) is 13.5 Å². The molecule has 0 spiro atoms. The molecule has 0 N–H and O–H groups in total. The van der Waals surface area contributed by atoms with Crippen molar-refractivity contribution in [1.82, 2.24) is 0 Å². The van der Waals surface area contributed by atoms with Gasteiger partial charge < -0.3 is 0 Å². The van der Waals surface area contributed by atoms with E-state index < -0.39 is 0 Å². The van der Waals surface area contributed by atoms with Crippen molar-refractivity contribution < 1.29 is 10.3 Å². The van der Waals surface area contributed by atoms with Crippen molar-refractivity contribution in [1.29, 1.82) is 0 Å². The van der Waals surface area contributed by atoms with Gasteiger partial charge in [0.25, 0.3) is 0 Å². The molecule has 1 heterocycles. The molecule has 0 unspecified atom stereocenters. The predicted molar refractivity (Wildman–Crippen MR) is 113 cm³/mol. The van der Waals surface area contributed by atoms with Gasteiger partial charge in [0.1, 0.15) is 12.9 Å². The molecule has 0 saturated carbocycles. The zero-order chi connectivity index (χ0) is 21.0. The minimum absolute atomic E-state index is 0.0156. The van der Waals surface area contributed by atoms with Gasteiger partial charge in [0.05, 0.1) is 12.3 Å². The Balaban J connectivity index is 2.44. The van der Waals surface area contributed by atoms with Gasteiger partial charge in [0.2, 0.25) is 5.69 Å². The summed E-state index contributed by atoms with van der Waals surface area (Å²) in [6, 6.07) is 8.35. The van der Waals surface area contributed by atoms with Gasteiger partial charge in [-0.3, -0.25) is 0 Å². The molecule has 1 aromatic heterocycles. The third-order valence-electron chi connectivity index (χ3n) is 5.38. The van der Waals surface area contributed by atoms with Crippen LogP contribution < -0.4 is 4.57 Å². The zero-order valence-electron chi connectivity index (χ0n) is 18.8. The number of benzene rings is 2. The van der Waals surface area contributed by atoms with Crippen LogP contribution in [0.4, 0.5) is 4.39 Å². The van der Waals surface area contributed by atoms with E-state index in [1.165, 1.54) is 16.7 Å². The highest BCUT2D eigenvalue weighted by atomic mass is 19.1. The van der Waals surface area contributed by atoms with Gasteiger partial charge >= 0.3 is 0 Å². The first-order chi connectivity index (χ1) is 12.9. The largest absolute Gasteiger partial charge is 0.220 e. The van der Waals surface area contributed by atoms with Crippen LogP contribution in [0.1, 0.15) is 50.1 Å². The molecule has 3 aromatic rings. The summed E-state index contributed by atoms with van der Waals surface area (Å²) >= 11 is 0. The van der Waals surface area contributed by atoms with Gasteiger partial charge in [0, 0.05) is 13.0 Å². The number of aryl methyl sites for hydroxylation is 2. The number of hydrogen-bond acceptors (Lipinski definition) is 0. The molecular formula is C25H31FN+. The van der Waals surface area contributed by atoms with Crippen molar-refractivity contribution in [3.8, 4) is 11.3 Å². The fraction of sp³-hybridized carbons (Fsp3) is 0.400.